The Morgan fingerprint density at radius 1 is 1.39 bits per heavy atom. The van der Waals surface area contributed by atoms with E-state index in [1.54, 1.807) is 0 Å². The van der Waals surface area contributed by atoms with Crippen molar-refractivity contribution < 1.29 is 4.79 Å². The highest BCUT2D eigenvalue weighted by Gasteiger charge is 2.16. The highest BCUT2D eigenvalue weighted by molar-refractivity contribution is 7.99. The van der Waals surface area contributed by atoms with Crippen LogP contribution >= 0.6 is 11.8 Å². The van der Waals surface area contributed by atoms with Crippen molar-refractivity contribution in [1.82, 2.24) is 4.90 Å². The van der Waals surface area contributed by atoms with Crippen molar-refractivity contribution in [2.45, 2.75) is 25.0 Å². The molecule has 0 radical (unpaired) electrons. The smallest absolute Gasteiger partial charge is 0.162 e. The van der Waals surface area contributed by atoms with Crippen molar-refractivity contribution in [3.63, 3.8) is 0 Å². The second-order valence-corrected chi connectivity index (χ2v) is 6.42. The molecule has 1 aromatic rings. The highest BCUT2D eigenvalue weighted by Crippen LogP contribution is 2.18. The third-order valence-electron chi connectivity index (χ3n) is 3.30. The summed E-state index contributed by atoms with van der Waals surface area (Å²) in [5.41, 5.74) is 0.847. The van der Waals surface area contributed by atoms with Gasteiger partial charge in [0.25, 0.3) is 0 Å². The molecular formula is C15H21NOS. The Kier molecular flexibility index (Phi) is 5.26. The molecule has 3 heteroatoms. The van der Waals surface area contributed by atoms with Crippen molar-refractivity contribution in [2.75, 3.05) is 25.4 Å². The summed E-state index contributed by atoms with van der Waals surface area (Å²) < 4.78 is 0. The number of benzene rings is 1. The Morgan fingerprint density at radius 3 is 2.89 bits per heavy atom. The Labute approximate surface area is 114 Å². The first-order valence-corrected chi connectivity index (χ1v) is 7.73. The van der Waals surface area contributed by atoms with Gasteiger partial charge in [0, 0.05) is 36.1 Å². The van der Waals surface area contributed by atoms with Crippen LogP contribution in [0.3, 0.4) is 0 Å². The zero-order valence-corrected chi connectivity index (χ0v) is 11.8. The van der Waals surface area contributed by atoms with E-state index < -0.39 is 0 Å². The minimum atomic E-state index is 0.273. The number of thioether (sulfide) groups is 1. The molecular weight excluding hydrogens is 242 g/mol. The highest BCUT2D eigenvalue weighted by atomic mass is 32.2. The van der Waals surface area contributed by atoms with Gasteiger partial charge in [0.2, 0.25) is 0 Å². The van der Waals surface area contributed by atoms with E-state index in [2.05, 4.69) is 11.8 Å². The fraction of sp³-hybridized carbons (Fsp3) is 0.533. The molecule has 1 aliphatic rings. The van der Waals surface area contributed by atoms with E-state index in [-0.39, 0.29) is 5.78 Å². The summed E-state index contributed by atoms with van der Waals surface area (Å²) in [7, 11) is 0. The van der Waals surface area contributed by atoms with Gasteiger partial charge in [-0.25, -0.2) is 0 Å². The third-order valence-corrected chi connectivity index (χ3v) is 4.44. The van der Waals surface area contributed by atoms with Gasteiger partial charge in [-0.05, 0) is 13.0 Å². The van der Waals surface area contributed by atoms with Crippen LogP contribution in [-0.2, 0) is 0 Å². The monoisotopic (exact) mass is 263 g/mol. The van der Waals surface area contributed by atoms with E-state index in [0.29, 0.717) is 6.42 Å². The number of carbonyl (C=O) groups is 1. The van der Waals surface area contributed by atoms with Crippen LogP contribution in [0.15, 0.2) is 30.3 Å². The van der Waals surface area contributed by atoms with E-state index in [0.717, 1.165) is 23.8 Å². The molecule has 0 saturated carbocycles. The van der Waals surface area contributed by atoms with E-state index in [9.17, 15) is 4.79 Å². The van der Waals surface area contributed by atoms with Gasteiger partial charge in [-0.1, -0.05) is 37.3 Å². The zero-order chi connectivity index (χ0) is 12.8. The van der Waals surface area contributed by atoms with Gasteiger partial charge < -0.3 is 4.90 Å². The van der Waals surface area contributed by atoms with Gasteiger partial charge in [0.1, 0.15) is 0 Å². The third kappa shape index (κ3) is 4.14. The summed E-state index contributed by atoms with van der Waals surface area (Å²) in [5.74, 6) is 1.50. The van der Waals surface area contributed by atoms with Crippen LogP contribution in [0.2, 0.25) is 0 Å². The molecule has 1 fully saturated rings. The van der Waals surface area contributed by atoms with Gasteiger partial charge in [-0.2, -0.15) is 11.8 Å². The van der Waals surface area contributed by atoms with Crippen LogP contribution in [0, 0.1) is 0 Å². The molecule has 1 aromatic carbocycles. The first kappa shape index (κ1) is 13.6. The summed E-state index contributed by atoms with van der Waals surface area (Å²) in [4.78, 5) is 14.4. The summed E-state index contributed by atoms with van der Waals surface area (Å²) >= 11 is 2.05. The van der Waals surface area contributed by atoms with E-state index >= 15 is 0 Å². The quantitative estimate of drug-likeness (QED) is 0.761. The van der Waals surface area contributed by atoms with Gasteiger partial charge in [0.15, 0.2) is 5.78 Å². The Balaban J connectivity index is 1.70. The number of rotatable bonds is 5. The van der Waals surface area contributed by atoms with E-state index in [1.165, 1.54) is 18.8 Å². The molecule has 2 rings (SSSR count). The lowest BCUT2D eigenvalue weighted by atomic mass is 10.1. The number of hydrogen-bond donors (Lipinski definition) is 0. The largest absolute Gasteiger partial charge is 0.301 e. The van der Waals surface area contributed by atoms with Crippen LogP contribution < -0.4 is 0 Å². The van der Waals surface area contributed by atoms with Crippen molar-refractivity contribution in [3.8, 4) is 0 Å². The Hall–Kier alpha value is -0.800. The number of carbonyl (C=O) groups excluding carboxylic acids is 1. The second-order valence-electron chi connectivity index (χ2n) is 4.87. The molecule has 0 bridgehead atoms. The molecule has 0 spiro atoms. The number of nitrogens with zero attached hydrogens (tertiary/aromatic N) is 1. The van der Waals surface area contributed by atoms with Crippen molar-refractivity contribution >= 4 is 17.5 Å². The van der Waals surface area contributed by atoms with Gasteiger partial charge in [-0.15, -0.1) is 0 Å². The van der Waals surface area contributed by atoms with Gasteiger partial charge in [0.05, 0.1) is 0 Å². The molecule has 0 N–H and O–H groups in total. The molecule has 18 heavy (non-hydrogen) atoms. The molecule has 1 atom stereocenters. The molecule has 0 aliphatic carbocycles. The van der Waals surface area contributed by atoms with Crippen molar-refractivity contribution in [1.29, 1.82) is 0 Å². The number of Topliss-reactive ketones (excluding diaryl/α,β-unsaturated/α-hetero) is 1. The van der Waals surface area contributed by atoms with E-state index in [1.807, 2.05) is 42.1 Å². The average molecular weight is 263 g/mol. The predicted molar refractivity (Wildman–Crippen MR) is 78.4 cm³/mol. The van der Waals surface area contributed by atoms with Crippen LogP contribution in [0.1, 0.15) is 30.1 Å². The molecule has 1 saturated heterocycles. The van der Waals surface area contributed by atoms with Crippen molar-refractivity contribution in [2.24, 2.45) is 0 Å². The normalized spacial score (nSPS) is 20.8. The SMILES string of the molecule is CC1CN(CCCC(=O)c2ccccc2)CCS1. The molecule has 0 amide bonds. The lowest BCUT2D eigenvalue weighted by Gasteiger charge is -2.30. The molecule has 98 valence electrons. The topological polar surface area (TPSA) is 20.3 Å². The summed E-state index contributed by atoms with van der Waals surface area (Å²) in [6.45, 7) is 5.69. The summed E-state index contributed by atoms with van der Waals surface area (Å²) in [5, 5.41) is 0.739. The Morgan fingerprint density at radius 2 is 2.17 bits per heavy atom. The number of ketones is 1. The lowest BCUT2D eigenvalue weighted by Crippen LogP contribution is -2.37. The molecule has 1 unspecified atom stereocenters. The zero-order valence-electron chi connectivity index (χ0n) is 11.0. The summed E-state index contributed by atoms with van der Waals surface area (Å²) in [6.07, 6.45) is 1.65. The van der Waals surface area contributed by atoms with Crippen molar-refractivity contribution in [3.05, 3.63) is 35.9 Å². The van der Waals surface area contributed by atoms with Crippen LogP contribution in [-0.4, -0.2) is 41.3 Å². The fourth-order valence-electron chi connectivity index (χ4n) is 2.33. The average Bonchev–Trinajstić information content (AvgIpc) is 2.40. The molecule has 1 heterocycles. The first-order chi connectivity index (χ1) is 8.75. The van der Waals surface area contributed by atoms with Crippen LogP contribution in [0.25, 0.3) is 0 Å². The summed E-state index contributed by atoms with van der Waals surface area (Å²) in [6, 6.07) is 9.61. The predicted octanol–water partition coefficient (Wildman–Crippen LogP) is 3.09. The maximum atomic E-state index is 11.9. The maximum absolute atomic E-state index is 11.9. The van der Waals surface area contributed by atoms with Crippen LogP contribution in [0.4, 0.5) is 0 Å². The van der Waals surface area contributed by atoms with Gasteiger partial charge >= 0.3 is 0 Å². The standard InChI is InChI=1S/C15H21NOS/c1-13-12-16(10-11-18-13)9-5-8-15(17)14-6-3-2-4-7-14/h2-4,6-7,13H,5,8-12H2,1H3. The van der Waals surface area contributed by atoms with Crippen LogP contribution in [0.5, 0.6) is 0 Å². The molecule has 1 aliphatic heterocycles. The molecule has 0 aromatic heterocycles. The minimum absolute atomic E-state index is 0.273. The number of hydrogen-bond acceptors (Lipinski definition) is 3. The first-order valence-electron chi connectivity index (χ1n) is 6.68. The second kappa shape index (κ2) is 6.95. The van der Waals surface area contributed by atoms with E-state index in [4.69, 9.17) is 0 Å². The maximum Gasteiger partial charge on any atom is 0.162 e. The minimum Gasteiger partial charge on any atom is -0.301 e. The molecule has 2 nitrogen and oxygen atoms in total. The van der Waals surface area contributed by atoms with Gasteiger partial charge in [-0.3, -0.25) is 4.79 Å². The fourth-order valence-corrected chi connectivity index (χ4v) is 3.41. The lowest BCUT2D eigenvalue weighted by molar-refractivity contribution is 0.0975. The Bertz CT molecular complexity index is 379.